The molecule has 0 radical (unpaired) electrons. The van der Waals surface area contributed by atoms with Crippen LogP contribution in [-0.4, -0.2) is 27.6 Å². The van der Waals surface area contributed by atoms with Gasteiger partial charge in [-0.2, -0.15) is 4.98 Å². The van der Waals surface area contributed by atoms with Crippen molar-refractivity contribution < 1.29 is 9.90 Å². The van der Waals surface area contributed by atoms with E-state index in [2.05, 4.69) is 20.6 Å². The minimum atomic E-state index is -0.952. The molecule has 1 aliphatic carbocycles. The summed E-state index contributed by atoms with van der Waals surface area (Å²) in [6.45, 7) is 3.73. The third-order valence-electron chi connectivity index (χ3n) is 4.00. The molecule has 24 heavy (non-hydrogen) atoms. The first-order chi connectivity index (χ1) is 11.4. The lowest BCUT2D eigenvalue weighted by Crippen LogP contribution is -2.15. The molecule has 7 heteroatoms. The van der Waals surface area contributed by atoms with Crippen molar-refractivity contribution in [2.45, 2.75) is 32.6 Å². The smallest absolute Gasteiger partial charge is 0.322 e. The zero-order valence-electron chi connectivity index (χ0n) is 13.6. The molecule has 1 aromatic carbocycles. The van der Waals surface area contributed by atoms with Gasteiger partial charge in [0, 0.05) is 22.7 Å². The predicted octanol–water partition coefficient (Wildman–Crippen LogP) is 3.86. The highest BCUT2D eigenvalue weighted by molar-refractivity contribution is 6.31. The van der Waals surface area contributed by atoms with Crippen LogP contribution in [0.15, 0.2) is 18.2 Å². The summed E-state index contributed by atoms with van der Waals surface area (Å²) < 4.78 is 0. The van der Waals surface area contributed by atoms with Gasteiger partial charge in [0.25, 0.3) is 0 Å². The van der Waals surface area contributed by atoms with Gasteiger partial charge in [0.1, 0.15) is 12.4 Å². The van der Waals surface area contributed by atoms with E-state index in [1.165, 1.54) is 0 Å². The van der Waals surface area contributed by atoms with E-state index in [1.807, 2.05) is 32.0 Å². The second kappa shape index (κ2) is 6.65. The number of carbonyl (C=O) groups is 1. The van der Waals surface area contributed by atoms with Crippen LogP contribution in [0.25, 0.3) is 0 Å². The molecule has 0 atom stereocenters. The van der Waals surface area contributed by atoms with E-state index in [-0.39, 0.29) is 6.54 Å². The Bertz CT molecular complexity index is 790. The molecule has 1 aliphatic rings. The lowest BCUT2D eigenvalue weighted by molar-refractivity contribution is -0.134. The molecule has 0 bridgehead atoms. The first kappa shape index (κ1) is 16.5. The van der Waals surface area contributed by atoms with Crippen LogP contribution in [0.1, 0.15) is 35.6 Å². The lowest BCUT2D eigenvalue weighted by Gasteiger charge is -2.15. The van der Waals surface area contributed by atoms with E-state index in [9.17, 15) is 4.79 Å². The summed E-state index contributed by atoms with van der Waals surface area (Å²) in [6, 6.07) is 5.74. The van der Waals surface area contributed by atoms with Crippen LogP contribution < -0.4 is 10.6 Å². The monoisotopic (exact) mass is 346 g/mol. The van der Waals surface area contributed by atoms with Gasteiger partial charge >= 0.3 is 5.97 Å². The molecule has 6 nitrogen and oxygen atoms in total. The van der Waals surface area contributed by atoms with Gasteiger partial charge in [-0.05, 0) is 43.9 Å². The predicted molar refractivity (Wildman–Crippen MR) is 94.3 cm³/mol. The molecule has 2 aromatic rings. The van der Waals surface area contributed by atoms with Gasteiger partial charge in [0.05, 0.1) is 5.69 Å². The van der Waals surface area contributed by atoms with Crippen LogP contribution in [0.4, 0.5) is 17.5 Å². The third kappa shape index (κ3) is 3.76. The number of carboxylic acids is 1. The van der Waals surface area contributed by atoms with Gasteiger partial charge in [0.2, 0.25) is 5.95 Å². The normalized spacial score (nSPS) is 13.6. The fourth-order valence-electron chi connectivity index (χ4n) is 2.49. The van der Waals surface area contributed by atoms with Crippen molar-refractivity contribution in [1.82, 2.24) is 9.97 Å². The average Bonchev–Trinajstić information content (AvgIpc) is 3.38. The van der Waals surface area contributed by atoms with Crippen molar-refractivity contribution in [3.63, 3.8) is 0 Å². The summed E-state index contributed by atoms with van der Waals surface area (Å²) in [7, 11) is 0. The van der Waals surface area contributed by atoms with Crippen LogP contribution in [0.2, 0.25) is 5.02 Å². The van der Waals surface area contributed by atoms with Crippen LogP contribution >= 0.6 is 11.6 Å². The molecule has 1 heterocycles. The summed E-state index contributed by atoms with van der Waals surface area (Å²) in [4.78, 5) is 19.6. The maximum absolute atomic E-state index is 10.8. The van der Waals surface area contributed by atoms with E-state index < -0.39 is 5.97 Å². The summed E-state index contributed by atoms with van der Waals surface area (Å²) in [5, 5.41) is 15.6. The molecule has 1 fully saturated rings. The molecule has 0 saturated heterocycles. The van der Waals surface area contributed by atoms with Crippen molar-refractivity contribution in [2.75, 3.05) is 17.2 Å². The Kier molecular flexibility index (Phi) is 4.57. The number of carboxylic acid groups (broad SMARTS) is 1. The topological polar surface area (TPSA) is 87.1 Å². The first-order valence-electron chi connectivity index (χ1n) is 7.81. The van der Waals surface area contributed by atoms with Crippen molar-refractivity contribution in [1.29, 1.82) is 0 Å². The van der Waals surface area contributed by atoms with Crippen molar-refractivity contribution in [3.8, 4) is 0 Å². The molecule has 1 aromatic heterocycles. The van der Waals surface area contributed by atoms with Crippen LogP contribution in [-0.2, 0) is 4.79 Å². The fraction of sp³-hybridized carbons (Fsp3) is 0.353. The minimum Gasteiger partial charge on any atom is -0.480 e. The number of hydrogen-bond donors (Lipinski definition) is 3. The van der Waals surface area contributed by atoms with Crippen molar-refractivity contribution in [3.05, 3.63) is 40.0 Å². The number of aromatic nitrogens is 2. The second-order valence-electron chi connectivity index (χ2n) is 6.01. The highest BCUT2D eigenvalue weighted by Crippen LogP contribution is 2.40. The molecule has 0 unspecified atom stereocenters. The Balaban J connectivity index is 1.92. The van der Waals surface area contributed by atoms with Gasteiger partial charge in [-0.1, -0.05) is 17.7 Å². The molecular weight excluding hydrogens is 328 g/mol. The van der Waals surface area contributed by atoms with Gasteiger partial charge in [-0.15, -0.1) is 0 Å². The zero-order valence-corrected chi connectivity index (χ0v) is 14.3. The van der Waals surface area contributed by atoms with Gasteiger partial charge in [-0.3, -0.25) is 4.79 Å². The van der Waals surface area contributed by atoms with Gasteiger partial charge < -0.3 is 15.7 Å². The Hall–Kier alpha value is -2.34. The van der Waals surface area contributed by atoms with E-state index >= 15 is 0 Å². The first-order valence-corrected chi connectivity index (χ1v) is 8.19. The second-order valence-corrected chi connectivity index (χ2v) is 6.42. The number of nitrogens with zero attached hydrogens (tertiary/aromatic N) is 2. The quantitative estimate of drug-likeness (QED) is 0.736. The zero-order chi connectivity index (χ0) is 17.3. The number of benzene rings is 1. The fourth-order valence-corrected chi connectivity index (χ4v) is 2.65. The van der Waals surface area contributed by atoms with E-state index in [4.69, 9.17) is 16.7 Å². The van der Waals surface area contributed by atoms with E-state index in [0.717, 1.165) is 35.3 Å². The van der Waals surface area contributed by atoms with Gasteiger partial charge in [0.15, 0.2) is 0 Å². The maximum Gasteiger partial charge on any atom is 0.322 e. The molecule has 3 N–H and O–H groups in total. The number of aryl methyl sites for hydroxylation is 1. The summed E-state index contributed by atoms with van der Waals surface area (Å²) >= 11 is 6.21. The molecule has 126 valence electrons. The minimum absolute atomic E-state index is 0.219. The Labute approximate surface area is 145 Å². The summed E-state index contributed by atoms with van der Waals surface area (Å²) in [6.07, 6.45) is 2.20. The highest BCUT2D eigenvalue weighted by atomic mass is 35.5. The van der Waals surface area contributed by atoms with Gasteiger partial charge in [-0.25, -0.2) is 4.98 Å². The van der Waals surface area contributed by atoms with E-state index in [1.54, 1.807) is 0 Å². The molecule has 3 rings (SSSR count). The largest absolute Gasteiger partial charge is 0.480 e. The third-order valence-corrected chi connectivity index (χ3v) is 4.41. The van der Waals surface area contributed by atoms with Crippen molar-refractivity contribution in [2.24, 2.45) is 0 Å². The Morgan fingerprint density at radius 3 is 2.75 bits per heavy atom. The standard InChI is InChI=1S/C17H19ClN4O2/c1-9-3-6-12(18)10(2)16(9)21-14-7-13(11-4-5-11)20-17(22-14)19-8-15(23)24/h3,6-7,11H,4-5,8H2,1-2H3,(H,23,24)(H2,19,20,21,22). The van der Waals surface area contributed by atoms with Crippen LogP contribution in [0.5, 0.6) is 0 Å². The SMILES string of the molecule is Cc1ccc(Cl)c(C)c1Nc1cc(C2CC2)nc(NCC(=O)O)n1. The number of aliphatic carboxylic acids is 1. The maximum atomic E-state index is 10.8. The van der Waals surface area contributed by atoms with Crippen LogP contribution in [0, 0.1) is 13.8 Å². The number of nitrogens with one attached hydrogen (secondary N) is 2. The summed E-state index contributed by atoms with van der Waals surface area (Å²) in [5.41, 5.74) is 3.84. The molecule has 0 amide bonds. The number of hydrogen-bond acceptors (Lipinski definition) is 5. The summed E-state index contributed by atoms with van der Waals surface area (Å²) in [5.74, 6) is 0.432. The van der Waals surface area contributed by atoms with Crippen molar-refractivity contribution >= 4 is 35.0 Å². The Morgan fingerprint density at radius 2 is 2.08 bits per heavy atom. The van der Waals surface area contributed by atoms with Crippen LogP contribution in [0.3, 0.4) is 0 Å². The lowest BCUT2D eigenvalue weighted by atomic mass is 10.1. The molecular formula is C17H19ClN4O2. The Morgan fingerprint density at radius 1 is 1.33 bits per heavy atom. The van der Waals surface area contributed by atoms with E-state index in [0.29, 0.717) is 22.7 Å². The highest BCUT2D eigenvalue weighted by Gasteiger charge is 2.26. The average molecular weight is 347 g/mol. The number of halogens is 1. The number of anilines is 3. The molecule has 1 saturated carbocycles. The number of rotatable bonds is 6. The molecule has 0 spiro atoms. The molecule has 0 aliphatic heterocycles.